The van der Waals surface area contributed by atoms with Crippen LogP contribution in [-0.4, -0.2) is 9.55 Å². The number of aromatic amines is 1. The SMILES string of the molecule is CC(C)CCCCCCn1c(=S)[nH]c2cc(Br)c(F)cc21. The summed E-state index contributed by atoms with van der Waals surface area (Å²) >= 11 is 8.55. The number of nitrogens with zero attached hydrogens (tertiary/aromatic N) is 1. The van der Waals surface area contributed by atoms with Gasteiger partial charge in [-0.15, -0.1) is 0 Å². The maximum Gasteiger partial charge on any atom is 0.178 e. The minimum atomic E-state index is -0.248. The van der Waals surface area contributed by atoms with Crippen molar-refractivity contribution in [3.05, 3.63) is 27.2 Å². The van der Waals surface area contributed by atoms with E-state index in [0.29, 0.717) is 9.24 Å². The molecule has 2 rings (SSSR count). The molecule has 1 N–H and O–H groups in total. The summed E-state index contributed by atoms with van der Waals surface area (Å²) in [5, 5.41) is 0. The van der Waals surface area contributed by atoms with Gasteiger partial charge in [0.05, 0.1) is 15.5 Å². The number of halogens is 2. The highest BCUT2D eigenvalue weighted by atomic mass is 79.9. The van der Waals surface area contributed by atoms with E-state index in [2.05, 4.69) is 34.8 Å². The second-order valence-corrected chi connectivity index (χ2v) is 7.20. The van der Waals surface area contributed by atoms with E-state index in [9.17, 15) is 4.39 Å². The summed E-state index contributed by atoms with van der Waals surface area (Å²) in [6.07, 6.45) is 6.12. The summed E-state index contributed by atoms with van der Waals surface area (Å²) in [5.74, 6) is 0.538. The van der Waals surface area contributed by atoms with Gasteiger partial charge in [-0.05, 0) is 46.6 Å². The molecule has 0 atom stereocenters. The van der Waals surface area contributed by atoms with Gasteiger partial charge in [0.2, 0.25) is 0 Å². The molecule has 1 heterocycles. The highest BCUT2D eigenvalue weighted by Gasteiger charge is 2.08. The molecule has 0 aliphatic carbocycles. The molecule has 0 saturated carbocycles. The van der Waals surface area contributed by atoms with Crippen LogP contribution in [0.4, 0.5) is 4.39 Å². The van der Waals surface area contributed by atoms with Gasteiger partial charge in [-0.2, -0.15) is 0 Å². The smallest absolute Gasteiger partial charge is 0.178 e. The van der Waals surface area contributed by atoms with E-state index in [-0.39, 0.29) is 5.82 Å². The summed E-state index contributed by atoms with van der Waals surface area (Å²) < 4.78 is 16.8. The number of nitrogens with one attached hydrogen (secondary N) is 1. The standard InChI is InChI=1S/C16H22BrFN2S/c1-11(2)7-5-3-4-6-8-20-15-10-13(18)12(17)9-14(15)19-16(20)21/h9-11H,3-8H2,1-2H3,(H,19,21). The molecular formula is C16H22BrFN2S. The number of aromatic nitrogens is 2. The van der Waals surface area contributed by atoms with Gasteiger partial charge in [0.1, 0.15) is 5.82 Å². The molecular weight excluding hydrogens is 351 g/mol. The molecule has 0 amide bonds. The van der Waals surface area contributed by atoms with Crippen molar-refractivity contribution in [3.8, 4) is 0 Å². The maximum absolute atomic E-state index is 13.7. The predicted octanol–water partition coefficient (Wildman–Crippen LogP) is 6.21. The molecule has 2 nitrogen and oxygen atoms in total. The number of benzene rings is 1. The lowest BCUT2D eigenvalue weighted by Gasteiger charge is -2.06. The van der Waals surface area contributed by atoms with E-state index in [1.165, 1.54) is 25.7 Å². The predicted molar refractivity (Wildman–Crippen MR) is 92.7 cm³/mol. The van der Waals surface area contributed by atoms with Crippen LogP contribution in [0.3, 0.4) is 0 Å². The Labute approximate surface area is 138 Å². The normalized spacial score (nSPS) is 11.7. The average Bonchev–Trinajstić information content (AvgIpc) is 2.70. The van der Waals surface area contributed by atoms with E-state index >= 15 is 0 Å². The molecule has 1 aromatic carbocycles. The zero-order valence-corrected chi connectivity index (χ0v) is 15.0. The van der Waals surface area contributed by atoms with E-state index in [4.69, 9.17) is 12.2 Å². The number of fused-ring (bicyclic) bond motifs is 1. The van der Waals surface area contributed by atoms with Crippen LogP contribution in [0.5, 0.6) is 0 Å². The number of aryl methyl sites for hydroxylation is 1. The third-order valence-electron chi connectivity index (χ3n) is 3.73. The van der Waals surface area contributed by atoms with Crippen LogP contribution in [0.2, 0.25) is 0 Å². The van der Waals surface area contributed by atoms with E-state index in [1.807, 2.05) is 4.57 Å². The molecule has 0 spiro atoms. The third kappa shape index (κ3) is 4.39. The van der Waals surface area contributed by atoms with Crippen LogP contribution < -0.4 is 0 Å². The summed E-state index contributed by atoms with van der Waals surface area (Å²) in [6.45, 7) is 5.37. The van der Waals surface area contributed by atoms with Gasteiger partial charge in [-0.25, -0.2) is 4.39 Å². The second-order valence-electron chi connectivity index (χ2n) is 5.96. The van der Waals surface area contributed by atoms with Crippen molar-refractivity contribution >= 4 is 39.2 Å². The molecule has 0 aliphatic rings. The van der Waals surface area contributed by atoms with Crippen LogP contribution >= 0.6 is 28.1 Å². The van der Waals surface area contributed by atoms with Crippen molar-refractivity contribution in [3.63, 3.8) is 0 Å². The van der Waals surface area contributed by atoms with Gasteiger partial charge in [-0.3, -0.25) is 0 Å². The Morgan fingerprint density at radius 1 is 1.24 bits per heavy atom. The first-order valence-electron chi connectivity index (χ1n) is 7.56. The maximum atomic E-state index is 13.7. The van der Waals surface area contributed by atoms with Crippen LogP contribution in [0.1, 0.15) is 46.0 Å². The minimum Gasteiger partial charge on any atom is -0.331 e. The van der Waals surface area contributed by atoms with E-state index in [0.717, 1.165) is 29.9 Å². The number of hydrogen-bond donors (Lipinski definition) is 1. The molecule has 2 aromatic rings. The average molecular weight is 373 g/mol. The van der Waals surface area contributed by atoms with Gasteiger partial charge < -0.3 is 9.55 Å². The summed E-state index contributed by atoms with van der Waals surface area (Å²) in [6, 6.07) is 3.30. The summed E-state index contributed by atoms with van der Waals surface area (Å²) in [7, 11) is 0. The third-order valence-corrected chi connectivity index (χ3v) is 4.66. The largest absolute Gasteiger partial charge is 0.331 e. The van der Waals surface area contributed by atoms with E-state index < -0.39 is 0 Å². The van der Waals surface area contributed by atoms with Crippen LogP contribution in [0, 0.1) is 16.5 Å². The molecule has 1 aromatic heterocycles. The van der Waals surface area contributed by atoms with Crippen LogP contribution in [0.25, 0.3) is 11.0 Å². The second kappa shape index (κ2) is 7.54. The monoisotopic (exact) mass is 372 g/mol. The topological polar surface area (TPSA) is 20.7 Å². The van der Waals surface area contributed by atoms with Crippen LogP contribution in [-0.2, 0) is 6.54 Å². The number of unbranched alkanes of at least 4 members (excludes halogenated alkanes) is 3. The minimum absolute atomic E-state index is 0.248. The van der Waals surface area contributed by atoms with Crippen molar-refractivity contribution in [2.45, 2.75) is 52.5 Å². The van der Waals surface area contributed by atoms with Crippen molar-refractivity contribution < 1.29 is 4.39 Å². The molecule has 5 heteroatoms. The lowest BCUT2D eigenvalue weighted by Crippen LogP contribution is -1.98. The first-order chi connectivity index (χ1) is 9.99. The van der Waals surface area contributed by atoms with Crippen molar-refractivity contribution in [1.82, 2.24) is 9.55 Å². The fourth-order valence-corrected chi connectivity index (χ4v) is 3.19. The molecule has 21 heavy (non-hydrogen) atoms. The number of imidazole rings is 1. The fraction of sp³-hybridized carbons (Fsp3) is 0.562. The molecule has 0 radical (unpaired) electrons. The van der Waals surface area contributed by atoms with Gasteiger partial charge in [0, 0.05) is 12.6 Å². The van der Waals surface area contributed by atoms with Crippen LogP contribution in [0.15, 0.2) is 16.6 Å². The summed E-state index contributed by atoms with van der Waals surface area (Å²) in [4.78, 5) is 3.14. The van der Waals surface area contributed by atoms with Gasteiger partial charge >= 0.3 is 0 Å². The zero-order valence-electron chi connectivity index (χ0n) is 12.6. The zero-order chi connectivity index (χ0) is 15.4. The highest BCUT2D eigenvalue weighted by molar-refractivity contribution is 9.10. The number of hydrogen-bond acceptors (Lipinski definition) is 1. The Morgan fingerprint density at radius 3 is 2.67 bits per heavy atom. The van der Waals surface area contributed by atoms with Crippen molar-refractivity contribution in [2.75, 3.05) is 0 Å². The first-order valence-corrected chi connectivity index (χ1v) is 8.76. The summed E-state index contributed by atoms with van der Waals surface area (Å²) in [5.41, 5.74) is 1.73. The Bertz CT molecular complexity index is 660. The van der Waals surface area contributed by atoms with Gasteiger partial charge in [0.25, 0.3) is 0 Å². The molecule has 0 aliphatic heterocycles. The van der Waals surface area contributed by atoms with Crippen molar-refractivity contribution in [1.29, 1.82) is 0 Å². The quantitative estimate of drug-likeness (QED) is 0.452. The molecule has 0 saturated heterocycles. The van der Waals surface area contributed by atoms with Gasteiger partial charge in [0.15, 0.2) is 4.77 Å². The Hall–Kier alpha value is -0.680. The highest BCUT2D eigenvalue weighted by Crippen LogP contribution is 2.23. The molecule has 0 unspecified atom stereocenters. The van der Waals surface area contributed by atoms with Crippen molar-refractivity contribution in [2.24, 2.45) is 5.92 Å². The lowest BCUT2D eigenvalue weighted by atomic mass is 10.0. The molecule has 0 fully saturated rings. The Balaban J connectivity index is 1.97. The molecule has 116 valence electrons. The Kier molecular flexibility index (Phi) is 5.99. The number of H-pyrrole nitrogens is 1. The molecule has 0 bridgehead atoms. The lowest BCUT2D eigenvalue weighted by molar-refractivity contribution is 0.507. The first kappa shape index (κ1) is 16.7. The van der Waals surface area contributed by atoms with Gasteiger partial charge in [-0.1, -0.05) is 39.5 Å². The Morgan fingerprint density at radius 2 is 1.95 bits per heavy atom. The fourth-order valence-electron chi connectivity index (χ4n) is 2.55. The number of rotatable bonds is 7. The van der Waals surface area contributed by atoms with E-state index in [1.54, 1.807) is 12.1 Å².